The van der Waals surface area contributed by atoms with Crippen LogP contribution >= 0.6 is 0 Å². The smallest absolute Gasteiger partial charge is 0.291 e. The molecular formula is C15H13NO4. The Morgan fingerprint density at radius 3 is 2.85 bits per heavy atom. The van der Waals surface area contributed by atoms with Crippen LogP contribution in [0.25, 0.3) is 0 Å². The Morgan fingerprint density at radius 1 is 1.25 bits per heavy atom. The molecule has 1 heterocycles. The summed E-state index contributed by atoms with van der Waals surface area (Å²) in [4.78, 5) is 23.8. The second-order valence-electron chi connectivity index (χ2n) is 4.73. The zero-order chi connectivity index (χ0) is 14.1. The summed E-state index contributed by atoms with van der Waals surface area (Å²) in [5, 5.41) is 12.0. The number of hydrogen-bond donors (Lipinski definition) is 2. The Labute approximate surface area is 115 Å². The van der Waals surface area contributed by atoms with Gasteiger partial charge >= 0.3 is 0 Å². The number of furan rings is 1. The van der Waals surface area contributed by atoms with Gasteiger partial charge in [-0.05, 0) is 18.6 Å². The van der Waals surface area contributed by atoms with Crippen LogP contribution in [0.2, 0.25) is 0 Å². The maximum atomic E-state index is 12.1. The van der Waals surface area contributed by atoms with E-state index in [-0.39, 0.29) is 17.3 Å². The van der Waals surface area contributed by atoms with Crippen LogP contribution < -0.4 is 5.32 Å². The Bertz CT molecular complexity index is 687. The van der Waals surface area contributed by atoms with Crippen molar-refractivity contribution in [3.05, 3.63) is 47.4 Å². The van der Waals surface area contributed by atoms with Crippen LogP contribution in [0, 0.1) is 0 Å². The van der Waals surface area contributed by atoms with Gasteiger partial charge < -0.3 is 14.8 Å². The molecule has 1 aliphatic carbocycles. The van der Waals surface area contributed by atoms with Gasteiger partial charge in [0.1, 0.15) is 11.5 Å². The summed E-state index contributed by atoms with van der Waals surface area (Å²) < 4.78 is 5.45. The first-order valence-corrected chi connectivity index (χ1v) is 6.40. The topological polar surface area (TPSA) is 79.5 Å². The minimum atomic E-state index is -0.433. The third-order valence-electron chi connectivity index (χ3n) is 3.24. The molecule has 0 saturated carbocycles. The fraction of sp³-hybridized carbons (Fsp3) is 0.200. The summed E-state index contributed by atoms with van der Waals surface area (Å²) in [6.07, 6.45) is 1.94. The monoisotopic (exact) mass is 271 g/mol. The molecular weight excluding hydrogens is 258 g/mol. The summed E-state index contributed by atoms with van der Waals surface area (Å²) >= 11 is 0. The molecule has 3 rings (SSSR count). The number of amides is 1. The van der Waals surface area contributed by atoms with Crippen LogP contribution in [0.15, 0.2) is 34.7 Å². The van der Waals surface area contributed by atoms with E-state index in [0.29, 0.717) is 29.9 Å². The Balaban J connectivity index is 1.83. The minimum Gasteiger partial charge on any atom is -0.508 e. The van der Waals surface area contributed by atoms with Crippen molar-refractivity contribution < 1.29 is 19.1 Å². The number of phenolic OH excluding ortho intramolecular Hbond substituents is 1. The molecule has 0 unspecified atom stereocenters. The Kier molecular flexibility index (Phi) is 3.02. The molecule has 0 atom stereocenters. The van der Waals surface area contributed by atoms with Crippen LogP contribution in [0.1, 0.15) is 39.5 Å². The number of carbonyl (C=O) groups is 2. The average molecular weight is 271 g/mol. The van der Waals surface area contributed by atoms with Crippen molar-refractivity contribution in [2.75, 3.05) is 5.32 Å². The number of aromatic hydroxyl groups is 1. The first-order chi connectivity index (χ1) is 9.63. The van der Waals surface area contributed by atoms with Crippen LogP contribution in [0.4, 0.5) is 5.69 Å². The normalized spacial score (nSPS) is 13.9. The zero-order valence-electron chi connectivity index (χ0n) is 10.7. The highest BCUT2D eigenvalue weighted by Gasteiger charge is 2.24. The molecule has 2 N–H and O–H groups in total. The lowest BCUT2D eigenvalue weighted by Crippen LogP contribution is -2.10. The zero-order valence-corrected chi connectivity index (χ0v) is 10.7. The van der Waals surface area contributed by atoms with Gasteiger partial charge in [0, 0.05) is 30.7 Å². The lowest BCUT2D eigenvalue weighted by molar-refractivity contribution is 0.0963. The van der Waals surface area contributed by atoms with Gasteiger partial charge in [0.15, 0.2) is 11.5 Å². The summed E-state index contributed by atoms with van der Waals surface area (Å²) in [7, 11) is 0. The van der Waals surface area contributed by atoms with Gasteiger partial charge in [0.25, 0.3) is 5.91 Å². The lowest BCUT2D eigenvalue weighted by Gasteiger charge is -2.06. The standard InChI is InChI=1S/C15H13NO4/c17-10-4-1-3-9(7-10)16-15(19)14-8-11-12(18)5-2-6-13(11)20-14/h1,3-4,7-8,17H,2,5-6H2,(H,16,19). The van der Waals surface area contributed by atoms with E-state index in [1.165, 1.54) is 18.2 Å². The molecule has 0 bridgehead atoms. The molecule has 0 fully saturated rings. The van der Waals surface area contributed by atoms with Crippen molar-refractivity contribution in [1.29, 1.82) is 0 Å². The number of benzene rings is 1. The number of aryl methyl sites for hydroxylation is 1. The molecule has 1 aromatic carbocycles. The predicted octanol–water partition coefficient (Wildman–Crippen LogP) is 2.76. The Morgan fingerprint density at radius 2 is 2.10 bits per heavy atom. The van der Waals surface area contributed by atoms with E-state index in [9.17, 15) is 14.7 Å². The van der Waals surface area contributed by atoms with E-state index in [2.05, 4.69) is 5.32 Å². The second-order valence-corrected chi connectivity index (χ2v) is 4.73. The molecule has 5 nitrogen and oxygen atoms in total. The molecule has 1 amide bonds. The molecule has 102 valence electrons. The summed E-state index contributed by atoms with van der Waals surface area (Å²) in [6.45, 7) is 0. The van der Waals surface area contributed by atoms with Gasteiger partial charge in [-0.3, -0.25) is 9.59 Å². The van der Waals surface area contributed by atoms with Crippen LogP contribution in [-0.4, -0.2) is 16.8 Å². The fourth-order valence-electron chi connectivity index (χ4n) is 2.28. The number of phenols is 1. The quantitative estimate of drug-likeness (QED) is 0.880. The van der Waals surface area contributed by atoms with Crippen molar-refractivity contribution in [3.63, 3.8) is 0 Å². The molecule has 0 aliphatic heterocycles. The number of nitrogens with one attached hydrogen (secondary N) is 1. The molecule has 1 aromatic heterocycles. The lowest BCUT2D eigenvalue weighted by atomic mass is 9.97. The SMILES string of the molecule is O=C(Nc1cccc(O)c1)c1cc2c(o1)CCCC2=O. The molecule has 0 spiro atoms. The van der Waals surface area contributed by atoms with E-state index in [0.717, 1.165) is 6.42 Å². The van der Waals surface area contributed by atoms with Gasteiger partial charge in [0.05, 0.1) is 5.56 Å². The van der Waals surface area contributed by atoms with Gasteiger partial charge in [-0.1, -0.05) is 6.07 Å². The van der Waals surface area contributed by atoms with Gasteiger partial charge in [0.2, 0.25) is 0 Å². The average Bonchev–Trinajstić information content (AvgIpc) is 2.84. The maximum Gasteiger partial charge on any atom is 0.291 e. The van der Waals surface area contributed by atoms with Crippen molar-refractivity contribution in [1.82, 2.24) is 0 Å². The second kappa shape index (κ2) is 4.85. The summed E-state index contributed by atoms with van der Waals surface area (Å²) in [5.41, 5.74) is 0.980. The number of carbonyl (C=O) groups excluding carboxylic acids is 2. The van der Waals surface area contributed by atoms with Crippen LogP contribution in [0.5, 0.6) is 5.75 Å². The van der Waals surface area contributed by atoms with E-state index < -0.39 is 5.91 Å². The van der Waals surface area contributed by atoms with E-state index in [4.69, 9.17) is 4.42 Å². The highest BCUT2D eigenvalue weighted by molar-refractivity contribution is 6.05. The minimum absolute atomic E-state index is 0.0198. The number of fused-ring (bicyclic) bond motifs is 1. The molecule has 5 heteroatoms. The molecule has 0 radical (unpaired) electrons. The van der Waals surface area contributed by atoms with Crippen molar-refractivity contribution in [2.45, 2.75) is 19.3 Å². The third kappa shape index (κ3) is 2.30. The predicted molar refractivity (Wildman–Crippen MR) is 72.0 cm³/mol. The number of rotatable bonds is 2. The molecule has 1 aliphatic rings. The molecule has 0 saturated heterocycles. The van der Waals surface area contributed by atoms with Gasteiger partial charge in [-0.25, -0.2) is 0 Å². The third-order valence-corrected chi connectivity index (χ3v) is 3.24. The van der Waals surface area contributed by atoms with Crippen LogP contribution in [-0.2, 0) is 6.42 Å². The first-order valence-electron chi connectivity index (χ1n) is 6.40. The molecule has 20 heavy (non-hydrogen) atoms. The fourth-order valence-corrected chi connectivity index (χ4v) is 2.28. The van der Waals surface area contributed by atoms with Gasteiger partial charge in [-0.15, -0.1) is 0 Å². The van der Waals surface area contributed by atoms with Crippen molar-refractivity contribution in [3.8, 4) is 5.75 Å². The van der Waals surface area contributed by atoms with Crippen molar-refractivity contribution >= 4 is 17.4 Å². The number of anilines is 1. The van der Waals surface area contributed by atoms with E-state index in [1.54, 1.807) is 12.1 Å². The molecule has 2 aromatic rings. The largest absolute Gasteiger partial charge is 0.508 e. The van der Waals surface area contributed by atoms with E-state index >= 15 is 0 Å². The Hall–Kier alpha value is -2.56. The van der Waals surface area contributed by atoms with Crippen molar-refractivity contribution in [2.24, 2.45) is 0 Å². The van der Waals surface area contributed by atoms with Gasteiger partial charge in [-0.2, -0.15) is 0 Å². The van der Waals surface area contributed by atoms with E-state index in [1.807, 2.05) is 0 Å². The maximum absolute atomic E-state index is 12.1. The number of hydrogen-bond acceptors (Lipinski definition) is 4. The number of ketones is 1. The summed E-state index contributed by atoms with van der Waals surface area (Å²) in [5.74, 6) is 0.358. The first kappa shape index (κ1) is 12.5. The number of Topliss-reactive ketones (excluding diaryl/α,β-unsaturated/α-hetero) is 1. The highest BCUT2D eigenvalue weighted by Crippen LogP contribution is 2.25. The highest BCUT2D eigenvalue weighted by atomic mass is 16.4. The summed E-state index contributed by atoms with van der Waals surface area (Å²) in [6, 6.07) is 7.73. The van der Waals surface area contributed by atoms with Crippen LogP contribution in [0.3, 0.4) is 0 Å².